The van der Waals surface area contributed by atoms with Crippen LogP contribution >= 0.6 is 34.7 Å². The smallest absolute Gasteiger partial charge is 0.275 e. The van der Waals surface area contributed by atoms with Crippen LogP contribution in [0.5, 0.6) is 0 Å². The Labute approximate surface area is 124 Å². The van der Waals surface area contributed by atoms with Gasteiger partial charge >= 0.3 is 0 Å². The molecule has 1 heterocycles. The third kappa shape index (κ3) is 3.42. The molecular formula is C12H12ClN3OS2. The number of rotatable bonds is 4. The lowest BCUT2D eigenvalue weighted by Crippen LogP contribution is -2.29. The molecule has 19 heavy (non-hydrogen) atoms. The number of benzene rings is 1. The van der Waals surface area contributed by atoms with E-state index in [9.17, 15) is 4.79 Å². The molecule has 4 nitrogen and oxygen atoms in total. The number of amides is 1. The van der Waals surface area contributed by atoms with Crippen LogP contribution in [0.1, 0.15) is 15.2 Å². The molecule has 100 valence electrons. The summed E-state index contributed by atoms with van der Waals surface area (Å²) in [4.78, 5) is 13.1. The lowest BCUT2D eigenvalue weighted by Gasteiger charge is -2.06. The molecule has 1 aromatic carbocycles. The number of anilines is 1. The number of thiophene rings is 1. The minimum absolute atomic E-state index is 0.273. The fraction of sp³-hybridized carbons (Fsp3) is 0.0833. The largest absolute Gasteiger partial charge is 0.398 e. The predicted molar refractivity (Wildman–Crippen MR) is 81.4 cm³/mol. The Morgan fingerprint density at radius 3 is 2.95 bits per heavy atom. The third-order valence-electron chi connectivity index (χ3n) is 2.44. The summed E-state index contributed by atoms with van der Waals surface area (Å²) in [6.07, 6.45) is 0. The third-order valence-corrected chi connectivity index (χ3v) is 4.75. The maximum atomic E-state index is 11.5. The molecule has 2 rings (SSSR count). The standard InChI is InChI=1S/C12H12ClN3OS2/c13-8-1-2-9(14)10(5-8)19-6-7-3-4-18-11(7)12(17)16-15/h1-5H,6,14-15H2,(H,16,17). The molecule has 5 N–H and O–H groups in total. The second kappa shape index (κ2) is 6.29. The summed E-state index contributed by atoms with van der Waals surface area (Å²) in [6.45, 7) is 0. The van der Waals surface area contributed by atoms with Crippen LogP contribution in [-0.4, -0.2) is 5.91 Å². The summed E-state index contributed by atoms with van der Waals surface area (Å²) >= 11 is 8.83. The van der Waals surface area contributed by atoms with Gasteiger partial charge in [-0.1, -0.05) is 11.6 Å². The minimum atomic E-state index is -0.273. The van der Waals surface area contributed by atoms with E-state index in [1.807, 2.05) is 17.5 Å². The second-order valence-electron chi connectivity index (χ2n) is 3.72. The molecule has 0 fully saturated rings. The van der Waals surface area contributed by atoms with Gasteiger partial charge in [0.2, 0.25) is 0 Å². The Balaban J connectivity index is 2.13. The Morgan fingerprint density at radius 2 is 2.21 bits per heavy atom. The van der Waals surface area contributed by atoms with Gasteiger partial charge < -0.3 is 5.73 Å². The molecule has 1 amide bonds. The first-order chi connectivity index (χ1) is 9.11. The van der Waals surface area contributed by atoms with Gasteiger partial charge in [0.05, 0.1) is 4.88 Å². The average molecular weight is 314 g/mol. The minimum Gasteiger partial charge on any atom is -0.398 e. The molecule has 0 aliphatic rings. The molecule has 0 bridgehead atoms. The summed E-state index contributed by atoms with van der Waals surface area (Å²) in [6, 6.07) is 7.24. The zero-order chi connectivity index (χ0) is 13.8. The average Bonchev–Trinajstić information content (AvgIpc) is 2.87. The van der Waals surface area contributed by atoms with E-state index in [2.05, 4.69) is 5.43 Å². The van der Waals surface area contributed by atoms with Crippen LogP contribution in [0.3, 0.4) is 0 Å². The Morgan fingerprint density at radius 1 is 1.42 bits per heavy atom. The molecule has 7 heteroatoms. The van der Waals surface area contributed by atoms with E-state index < -0.39 is 0 Å². The zero-order valence-corrected chi connectivity index (χ0v) is 12.2. The van der Waals surface area contributed by atoms with Crippen molar-refractivity contribution in [2.45, 2.75) is 10.6 Å². The van der Waals surface area contributed by atoms with E-state index in [1.165, 1.54) is 23.1 Å². The highest BCUT2D eigenvalue weighted by Crippen LogP contribution is 2.32. The number of thioether (sulfide) groups is 1. The first kappa shape index (κ1) is 14.2. The maximum absolute atomic E-state index is 11.5. The van der Waals surface area contributed by atoms with Gasteiger partial charge in [0.15, 0.2) is 0 Å². The number of nitrogen functional groups attached to an aromatic ring is 2. The van der Waals surface area contributed by atoms with Crippen LogP contribution in [0, 0.1) is 0 Å². The number of nitrogens with one attached hydrogen (secondary N) is 1. The summed E-state index contributed by atoms with van der Waals surface area (Å²) in [5.41, 5.74) is 9.62. The molecule has 0 atom stereocenters. The lowest BCUT2D eigenvalue weighted by molar-refractivity contribution is 0.0957. The molecule has 0 aliphatic carbocycles. The van der Waals surface area contributed by atoms with Crippen LogP contribution in [-0.2, 0) is 5.75 Å². The van der Waals surface area contributed by atoms with E-state index in [0.717, 1.165) is 10.5 Å². The topological polar surface area (TPSA) is 81.1 Å². The van der Waals surface area contributed by atoms with Gasteiger partial charge in [0.25, 0.3) is 5.91 Å². The first-order valence-electron chi connectivity index (χ1n) is 5.37. The van der Waals surface area contributed by atoms with Crippen LogP contribution in [0.2, 0.25) is 5.02 Å². The number of carbonyl (C=O) groups excluding carboxylic acids is 1. The van der Waals surface area contributed by atoms with E-state index in [0.29, 0.717) is 21.3 Å². The van der Waals surface area contributed by atoms with Crippen molar-refractivity contribution in [3.8, 4) is 0 Å². The van der Waals surface area contributed by atoms with Gasteiger partial charge in [0, 0.05) is 21.4 Å². The fourth-order valence-electron chi connectivity index (χ4n) is 1.50. The van der Waals surface area contributed by atoms with Crippen LogP contribution < -0.4 is 17.0 Å². The maximum Gasteiger partial charge on any atom is 0.275 e. The highest BCUT2D eigenvalue weighted by atomic mass is 35.5. The van der Waals surface area contributed by atoms with Gasteiger partial charge in [-0.2, -0.15) is 0 Å². The van der Waals surface area contributed by atoms with E-state index in [4.69, 9.17) is 23.2 Å². The summed E-state index contributed by atoms with van der Waals surface area (Å²) < 4.78 is 0. The Bertz CT molecular complexity index is 600. The zero-order valence-electron chi connectivity index (χ0n) is 9.85. The Hall–Kier alpha value is -1.21. The monoisotopic (exact) mass is 313 g/mol. The van der Waals surface area contributed by atoms with Crippen molar-refractivity contribution >= 4 is 46.3 Å². The van der Waals surface area contributed by atoms with Gasteiger partial charge in [0.1, 0.15) is 0 Å². The van der Waals surface area contributed by atoms with Crippen molar-refractivity contribution in [2.75, 3.05) is 5.73 Å². The van der Waals surface area contributed by atoms with Crippen molar-refractivity contribution < 1.29 is 4.79 Å². The Kier molecular flexibility index (Phi) is 4.71. The molecule has 0 saturated carbocycles. The SMILES string of the molecule is NNC(=O)c1sccc1CSc1cc(Cl)ccc1N. The molecule has 0 saturated heterocycles. The fourth-order valence-corrected chi connectivity index (χ4v) is 3.65. The van der Waals surface area contributed by atoms with E-state index in [1.54, 1.807) is 12.1 Å². The van der Waals surface area contributed by atoms with Crippen molar-refractivity contribution in [3.05, 3.63) is 45.1 Å². The normalized spacial score (nSPS) is 10.4. The second-order valence-corrected chi connectivity index (χ2v) is 6.09. The molecular weight excluding hydrogens is 302 g/mol. The molecule has 2 aromatic rings. The van der Waals surface area contributed by atoms with Gasteiger partial charge in [-0.25, -0.2) is 5.84 Å². The summed E-state index contributed by atoms with van der Waals surface area (Å²) in [7, 11) is 0. The van der Waals surface area contributed by atoms with Crippen molar-refractivity contribution in [2.24, 2.45) is 5.84 Å². The highest BCUT2D eigenvalue weighted by molar-refractivity contribution is 7.98. The van der Waals surface area contributed by atoms with Gasteiger partial charge in [-0.15, -0.1) is 23.1 Å². The number of hydrogen-bond acceptors (Lipinski definition) is 5. The first-order valence-corrected chi connectivity index (χ1v) is 7.61. The molecule has 0 aliphatic heterocycles. The predicted octanol–water partition coefficient (Wildman–Crippen LogP) is 2.88. The quantitative estimate of drug-likeness (QED) is 0.266. The van der Waals surface area contributed by atoms with Crippen LogP contribution in [0.4, 0.5) is 5.69 Å². The van der Waals surface area contributed by atoms with E-state index >= 15 is 0 Å². The van der Waals surface area contributed by atoms with Crippen molar-refractivity contribution in [3.63, 3.8) is 0 Å². The van der Waals surface area contributed by atoms with Crippen molar-refractivity contribution in [1.82, 2.24) is 5.43 Å². The number of hydrogen-bond donors (Lipinski definition) is 3. The number of carbonyl (C=O) groups is 1. The molecule has 0 radical (unpaired) electrons. The van der Waals surface area contributed by atoms with Gasteiger partial charge in [-0.3, -0.25) is 10.2 Å². The summed E-state index contributed by atoms with van der Waals surface area (Å²) in [5, 5.41) is 2.50. The van der Waals surface area contributed by atoms with Crippen molar-refractivity contribution in [1.29, 1.82) is 0 Å². The van der Waals surface area contributed by atoms with Crippen LogP contribution in [0.25, 0.3) is 0 Å². The number of halogens is 1. The number of nitrogens with two attached hydrogens (primary N) is 2. The number of hydrazine groups is 1. The molecule has 0 spiro atoms. The lowest BCUT2D eigenvalue weighted by atomic mass is 10.3. The van der Waals surface area contributed by atoms with Crippen LogP contribution in [0.15, 0.2) is 34.5 Å². The molecule has 1 aromatic heterocycles. The highest BCUT2D eigenvalue weighted by Gasteiger charge is 2.12. The van der Waals surface area contributed by atoms with E-state index in [-0.39, 0.29) is 5.91 Å². The van der Waals surface area contributed by atoms with Gasteiger partial charge in [-0.05, 0) is 35.2 Å². The molecule has 0 unspecified atom stereocenters. The summed E-state index contributed by atoms with van der Waals surface area (Å²) in [5.74, 6) is 5.51.